The number of nitriles is 1. The minimum Gasteiger partial charge on any atom is -0.490 e. The number of hydrogen-bond donors (Lipinski definition) is 1. The van der Waals surface area contributed by atoms with Crippen LogP contribution in [0.5, 0.6) is 5.75 Å². The minimum atomic E-state index is -0.986. The predicted octanol–water partition coefficient (Wildman–Crippen LogP) is 4.63. The summed E-state index contributed by atoms with van der Waals surface area (Å²) in [4.78, 5) is 87.3. The van der Waals surface area contributed by atoms with Gasteiger partial charge in [-0.15, -0.1) is 0 Å². The molecule has 0 bridgehead atoms. The van der Waals surface area contributed by atoms with E-state index in [-0.39, 0.29) is 42.4 Å². The summed E-state index contributed by atoms with van der Waals surface area (Å²) in [5.41, 5.74) is 4.04. The second-order valence-electron chi connectivity index (χ2n) is 16.8. The number of carbonyl (C=O) groups is 6. The fourth-order valence-electron chi connectivity index (χ4n) is 9.81. The molecule has 1 saturated carbocycles. The highest BCUT2D eigenvalue weighted by molar-refractivity contribution is 6.31. The van der Waals surface area contributed by atoms with Crippen molar-refractivity contribution >= 4 is 52.7 Å². The highest BCUT2D eigenvalue weighted by Gasteiger charge is 2.45. The quantitative estimate of drug-likeness (QED) is 0.317. The number of anilines is 1. The Morgan fingerprint density at radius 1 is 0.783 bits per heavy atom. The number of halogens is 1. The molecule has 310 valence electrons. The normalized spacial score (nSPS) is 23.7. The number of piperidine rings is 2. The molecule has 0 spiro atoms. The van der Waals surface area contributed by atoms with E-state index in [2.05, 4.69) is 21.2 Å². The van der Waals surface area contributed by atoms with Crippen LogP contribution in [0.15, 0.2) is 54.6 Å². The zero-order valence-electron chi connectivity index (χ0n) is 33.2. The van der Waals surface area contributed by atoms with Crippen molar-refractivity contribution in [2.24, 2.45) is 5.92 Å². The highest BCUT2D eigenvalue weighted by atomic mass is 35.5. The van der Waals surface area contributed by atoms with Crippen molar-refractivity contribution in [1.82, 2.24) is 24.9 Å². The Bertz CT molecular complexity index is 2320. The number of carbonyl (C=O) groups excluding carboxylic acids is 6. The molecular weight excluding hydrogens is 786 g/mol. The summed E-state index contributed by atoms with van der Waals surface area (Å²) >= 11 is 6.19. The molecule has 4 fully saturated rings. The number of nitrogens with zero attached hydrogens (tertiary/aromatic N) is 6. The number of piperazine rings is 1. The van der Waals surface area contributed by atoms with Crippen LogP contribution in [-0.2, 0) is 16.1 Å². The average molecular weight is 832 g/mol. The first-order valence-corrected chi connectivity index (χ1v) is 21.3. The lowest BCUT2D eigenvalue weighted by molar-refractivity contribution is -0.136. The van der Waals surface area contributed by atoms with Crippen LogP contribution in [-0.4, -0.2) is 119 Å². The van der Waals surface area contributed by atoms with Crippen LogP contribution in [0.1, 0.15) is 104 Å². The Hall–Kier alpha value is -5.78. The molecule has 1 atom stereocenters. The van der Waals surface area contributed by atoms with Crippen LogP contribution in [0.3, 0.4) is 0 Å². The first kappa shape index (κ1) is 39.7. The second-order valence-corrected chi connectivity index (χ2v) is 17.2. The van der Waals surface area contributed by atoms with Crippen molar-refractivity contribution in [2.45, 2.75) is 76.1 Å². The van der Waals surface area contributed by atoms with Crippen molar-refractivity contribution in [1.29, 1.82) is 5.26 Å². The molecule has 3 aromatic carbocycles. The van der Waals surface area contributed by atoms with Gasteiger partial charge in [0.2, 0.25) is 11.8 Å². The summed E-state index contributed by atoms with van der Waals surface area (Å²) in [7, 11) is 0. The Labute approximate surface area is 352 Å². The fourth-order valence-corrected chi connectivity index (χ4v) is 10.0. The van der Waals surface area contributed by atoms with Gasteiger partial charge in [-0.3, -0.25) is 43.9 Å². The lowest BCUT2D eigenvalue weighted by Gasteiger charge is -2.39. The van der Waals surface area contributed by atoms with Crippen molar-refractivity contribution in [3.8, 4) is 11.8 Å². The molecule has 5 aliphatic heterocycles. The van der Waals surface area contributed by atoms with Gasteiger partial charge in [-0.25, -0.2) is 0 Å². The van der Waals surface area contributed by atoms with Gasteiger partial charge in [0.05, 0.1) is 27.8 Å². The molecule has 1 unspecified atom stereocenters. The van der Waals surface area contributed by atoms with Crippen molar-refractivity contribution in [3.05, 3.63) is 93.0 Å². The largest absolute Gasteiger partial charge is 0.490 e. The number of hydrogen-bond acceptors (Lipinski definition) is 10. The van der Waals surface area contributed by atoms with E-state index in [1.165, 1.54) is 0 Å². The summed E-state index contributed by atoms with van der Waals surface area (Å²) in [5.74, 6) is -0.876. The van der Waals surface area contributed by atoms with Crippen LogP contribution < -0.4 is 15.0 Å². The first-order valence-electron chi connectivity index (χ1n) is 21.0. The third-order valence-corrected chi connectivity index (χ3v) is 13.5. The molecule has 3 saturated heterocycles. The molecule has 1 aliphatic carbocycles. The van der Waals surface area contributed by atoms with Crippen LogP contribution in [0, 0.1) is 17.2 Å². The maximum Gasteiger partial charge on any atom is 0.262 e. The van der Waals surface area contributed by atoms with Gasteiger partial charge in [-0.1, -0.05) is 11.6 Å². The molecule has 0 aromatic heterocycles. The van der Waals surface area contributed by atoms with Crippen LogP contribution >= 0.6 is 11.6 Å². The van der Waals surface area contributed by atoms with Crippen LogP contribution in [0.25, 0.3) is 0 Å². The number of imide groups is 2. The molecule has 60 heavy (non-hydrogen) atoms. The molecule has 6 amide bonds. The maximum atomic E-state index is 13.7. The summed E-state index contributed by atoms with van der Waals surface area (Å²) in [6.45, 7) is 5.92. The third-order valence-electron chi connectivity index (χ3n) is 13.2. The molecule has 0 radical (unpaired) electrons. The number of ether oxygens (including phenoxy) is 1. The fraction of sp³-hybridized carbons (Fsp3) is 0.444. The minimum absolute atomic E-state index is 0.00743. The van der Waals surface area contributed by atoms with E-state index in [9.17, 15) is 28.8 Å². The first-order chi connectivity index (χ1) is 29.0. The molecule has 3 aromatic rings. The van der Waals surface area contributed by atoms with E-state index in [1.54, 1.807) is 36.4 Å². The number of rotatable bonds is 8. The van der Waals surface area contributed by atoms with Gasteiger partial charge in [0.15, 0.2) is 0 Å². The van der Waals surface area contributed by atoms with Gasteiger partial charge >= 0.3 is 0 Å². The van der Waals surface area contributed by atoms with Gasteiger partial charge < -0.3 is 19.4 Å². The van der Waals surface area contributed by atoms with Gasteiger partial charge in [0.25, 0.3) is 23.6 Å². The average Bonchev–Trinajstić information content (AvgIpc) is 3.72. The zero-order valence-corrected chi connectivity index (χ0v) is 34.0. The van der Waals surface area contributed by atoms with E-state index in [1.807, 2.05) is 28.0 Å². The van der Waals surface area contributed by atoms with E-state index < -0.39 is 29.7 Å². The number of fused-ring (bicyclic) bond motifs is 2. The van der Waals surface area contributed by atoms with Crippen molar-refractivity contribution < 1.29 is 33.5 Å². The second kappa shape index (κ2) is 16.3. The summed E-state index contributed by atoms with van der Waals surface area (Å²) in [6, 6.07) is 17.1. The Morgan fingerprint density at radius 3 is 2.23 bits per heavy atom. The van der Waals surface area contributed by atoms with Gasteiger partial charge in [0, 0.05) is 87.7 Å². The van der Waals surface area contributed by atoms with E-state index >= 15 is 0 Å². The molecule has 9 rings (SSSR count). The van der Waals surface area contributed by atoms with Crippen LogP contribution in [0.2, 0.25) is 5.02 Å². The summed E-state index contributed by atoms with van der Waals surface area (Å²) < 4.78 is 6.16. The third kappa shape index (κ3) is 7.60. The number of amides is 6. The Balaban J connectivity index is 0.725. The zero-order chi connectivity index (χ0) is 41.7. The topological polar surface area (TPSA) is 164 Å². The molecule has 5 heterocycles. The maximum absolute atomic E-state index is 13.7. The van der Waals surface area contributed by atoms with Gasteiger partial charge in [0.1, 0.15) is 17.9 Å². The smallest absolute Gasteiger partial charge is 0.262 e. The van der Waals surface area contributed by atoms with Crippen molar-refractivity contribution in [2.75, 3.05) is 50.7 Å². The predicted molar refractivity (Wildman–Crippen MR) is 220 cm³/mol. The van der Waals surface area contributed by atoms with Crippen molar-refractivity contribution in [3.63, 3.8) is 0 Å². The van der Waals surface area contributed by atoms with Gasteiger partial charge in [-0.2, -0.15) is 5.26 Å². The summed E-state index contributed by atoms with van der Waals surface area (Å²) in [6.07, 6.45) is 5.40. The number of benzene rings is 3. The Kier molecular flexibility index (Phi) is 10.8. The van der Waals surface area contributed by atoms with Crippen LogP contribution in [0.4, 0.5) is 5.69 Å². The molecule has 1 N–H and O–H groups in total. The molecule has 15 heteroatoms. The lowest BCUT2D eigenvalue weighted by atomic mass is 9.92. The van der Waals surface area contributed by atoms with E-state index in [0.29, 0.717) is 58.6 Å². The number of nitrogens with one attached hydrogen (secondary N) is 1. The van der Waals surface area contributed by atoms with E-state index in [0.717, 1.165) is 87.4 Å². The van der Waals surface area contributed by atoms with Gasteiger partial charge in [-0.05, 0) is 105 Å². The summed E-state index contributed by atoms with van der Waals surface area (Å²) in [5, 5.41) is 11.8. The van der Waals surface area contributed by atoms with E-state index in [4.69, 9.17) is 21.6 Å². The molecule has 14 nitrogen and oxygen atoms in total. The standard InChI is InChI=1S/C45H46ClN7O7/c46-38-23-34(6-1-29(38)24-47)60-33-7-3-31(4-8-33)52-26-30-21-28(2-9-35(30)43(52)57)42(56)51-19-17-49(18-20-51)25-27-13-15-50(16-14-27)32-5-10-36-37(22-32)45(59)53(44(36)58)39-11-12-40(54)48-41(39)55/h1-2,5-6,9-10,21-23,27,31,33,39H,3-4,7-8,11-20,25-26H2,(H,48,54,55). The lowest BCUT2D eigenvalue weighted by Crippen LogP contribution is -2.54. The molecular formula is C45H46ClN7O7. The SMILES string of the molecule is N#Cc1ccc(OC2CCC(N3Cc4cc(C(=O)N5CCN(CC6CCN(c7ccc8c(c7)C(=O)N(C7CCC(=O)NC7=O)C8=O)CC6)CC5)ccc4C3=O)CC2)cc1Cl. The highest BCUT2D eigenvalue weighted by Crippen LogP contribution is 2.35. The molecule has 6 aliphatic rings. The Morgan fingerprint density at radius 2 is 1.52 bits per heavy atom. The monoisotopic (exact) mass is 831 g/mol.